The molecule has 2 N–H and O–H groups in total. The van der Waals surface area contributed by atoms with E-state index in [9.17, 15) is 9.59 Å². The van der Waals surface area contributed by atoms with Crippen molar-refractivity contribution < 1.29 is 19.4 Å². The van der Waals surface area contributed by atoms with Gasteiger partial charge in [0.25, 0.3) is 5.91 Å². The molecule has 20 heavy (non-hydrogen) atoms. The lowest BCUT2D eigenvalue weighted by Gasteiger charge is -2.14. The summed E-state index contributed by atoms with van der Waals surface area (Å²) < 4.78 is 5.34. The molecule has 0 saturated carbocycles. The van der Waals surface area contributed by atoms with E-state index in [1.165, 1.54) is 0 Å². The molecule has 5 nitrogen and oxygen atoms in total. The Bertz CT molecular complexity index is 545. The molecule has 0 aliphatic carbocycles. The average Bonchev–Trinajstić information content (AvgIpc) is 2.44. The molecule has 1 unspecified atom stereocenters. The molecule has 0 aliphatic rings. The van der Waals surface area contributed by atoms with E-state index in [1.807, 2.05) is 0 Å². The Balaban J connectivity index is 2.88. The monoisotopic (exact) mass is 273 g/mol. The van der Waals surface area contributed by atoms with Crippen molar-refractivity contribution in [2.24, 2.45) is 0 Å². The van der Waals surface area contributed by atoms with E-state index >= 15 is 0 Å². The first-order chi connectivity index (χ1) is 9.60. The topological polar surface area (TPSA) is 75.6 Å². The highest BCUT2D eigenvalue weighted by Crippen LogP contribution is 2.18. The van der Waals surface area contributed by atoms with Crippen LogP contribution in [0.25, 0.3) is 0 Å². The molecular weight excluding hydrogens is 258 g/mol. The number of benzene rings is 1. The summed E-state index contributed by atoms with van der Waals surface area (Å²) in [6, 6.07) is 5.41. The molecule has 0 aromatic heterocycles. The molecule has 0 radical (unpaired) electrons. The fraction of sp³-hybridized carbons (Fsp3) is 0.200. The van der Waals surface area contributed by atoms with Crippen LogP contribution in [0.5, 0.6) is 5.75 Å². The fourth-order valence-electron chi connectivity index (χ4n) is 1.48. The smallest absolute Gasteiger partial charge is 0.327 e. The van der Waals surface area contributed by atoms with Crippen LogP contribution >= 0.6 is 0 Å². The molecule has 1 aromatic carbocycles. The van der Waals surface area contributed by atoms with Gasteiger partial charge in [0.2, 0.25) is 0 Å². The quantitative estimate of drug-likeness (QED) is 0.582. The average molecular weight is 273 g/mol. The Morgan fingerprint density at radius 1 is 1.50 bits per heavy atom. The summed E-state index contributed by atoms with van der Waals surface area (Å²) in [5.74, 6) is 0.842. The molecule has 0 bridgehead atoms. The Kier molecular flexibility index (Phi) is 5.85. The van der Waals surface area contributed by atoms with Gasteiger partial charge in [0.1, 0.15) is 18.4 Å². The second-order valence-electron chi connectivity index (χ2n) is 3.87. The number of carbonyl (C=O) groups excluding carboxylic acids is 1. The third kappa shape index (κ3) is 4.18. The molecular formula is C15H15NO4. The first-order valence-electron chi connectivity index (χ1n) is 5.90. The van der Waals surface area contributed by atoms with Gasteiger partial charge in [0.05, 0.1) is 5.56 Å². The van der Waals surface area contributed by atoms with Gasteiger partial charge in [-0.1, -0.05) is 24.8 Å². The van der Waals surface area contributed by atoms with Crippen LogP contribution < -0.4 is 10.1 Å². The van der Waals surface area contributed by atoms with Crippen molar-refractivity contribution in [3.63, 3.8) is 0 Å². The fourth-order valence-corrected chi connectivity index (χ4v) is 1.48. The van der Waals surface area contributed by atoms with Crippen LogP contribution in [0.3, 0.4) is 0 Å². The normalized spacial score (nSPS) is 10.9. The highest BCUT2D eigenvalue weighted by atomic mass is 16.5. The number of amides is 1. The van der Waals surface area contributed by atoms with Gasteiger partial charge in [-0.15, -0.1) is 12.3 Å². The maximum absolute atomic E-state index is 12.1. The zero-order valence-corrected chi connectivity index (χ0v) is 10.8. The van der Waals surface area contributed by atoms with Gasteiger partial charge in [-0.2, -0.15) is 0 Å². The van der Waals surface area contributed by atoms with E-state index in [-0.39, 0.29) is 18.6 Å². The molecule has 0 saturated heterocycles. The van der Waals surface area contributed by atoms with Gasteiger partial charge in [-0.05, 0) is 12.1 Å². The van der Waals surface area contributed by atoms with Crippen molar-refractivity contribution in [2.75, 3.05) is 6.61 Å². The molecule has 1 amide bonds. The number of carboxylic acid groups (broad SMARTS) is 1. The summed E-state index contributed by atoms with van der Waals surface area (Å²) in [7, 11) is 0. The Labute approximate surface area is 117 Å². The van der Waals surface area contributed by atoms with Crippen molar-refractivity contribution in [3.05, 3.63) is 42.5 Å². The summed E-state index contributed by atoms with van der Waals surface area (Å²) in [5, 5.41) is 11.3. The maximum atomic E-state index is 12.1. The molecule has 0 fully saturated rings. The maximum Gasteiger partial charge on any atom is 0.327 e. The number of aliphatic carboxylic acids is 1. The lowest BCUT2D eigenvalue weighted by atomic mass is 10.1. The van der Waals surface area contributed by atoms with Crippen molar-refractivity contribution in [1.82, 2.24) is 5.32 Å². The number of nitrogens with one attached hydrogen (secondary N) is 1. The number of rotatable bonds is 7. The number of hydrogen-bond donors (Lipinski definition) is 2. The predicted octanol–water partition coefficient (Wildman–Crippen LogP) is 1.46. The summed E-state index contributed by atoms with van der Waals surface area (Å²) in [5.41, 5.74) is 0.248. The molecule has 0 heterocycles. The van der Waals surface area contributed by atoms with E-state index < -0.39 is 17.9 Å². The van der Waals surface area contributed by atoms with E-state index in [0.29, 0.717) is 5.75 Å². The summed E-state index contributed by atoms with van der Waals surface area (Å²) >= 11 is 0. The van der Waals surface area contributed by atoms with Crippen LogP contribution in [-0.4, -0.2) is 29.6 Å². The first kappa shape index (κ1) is 15.3. The lowest BCUT2D eigenvalue weighted by Crippen LogP contribution is -2.40. The highest BCUT2D eigenvalue weighted by Gasteiger charge is 2.21. The van der Waals surface area contributed by atoms with Crippen LogP contribution in [0.4, 0.5) is 0 Å². The van der Waals surface area contributed by atoms with Crippen molar-refractivity contribution in [3.8, 4) is 18.1 Å². The summed E-state index contributed by atoms with van der Waals surface area (Å²) in [6.07, 6.45) is 6.54. The molecule has 1 rings (SSSR count). The second kappa shape index (κ2) is 7.64. The molecule has 1 aromatic rings. The molecule has 5 heteroatoms. The van der Waals surface area contributed by atoms with Crippen molar-refractivity contribution in [2.45, 2.75) is 12.5 Å². The van der Waals surface area contributed by atoms with Crippen LogP contribution in [0.2, 0.25) is 0 Å². The highest BCUT2D eigenvalue weighted by molar-refractivity contribution is 5.98. The van der Waals surface area contributed by atoms with Crippen LogP contribution in [0, 0.1) is 12.3 Å². The standard InChI is InChI=1S/C15H15NO4/c1-3-7-12(15(18)19)16-14(17)11-8-5-6-9-13(11)20-10-4-2/h1,4-6,8-9,12H,2,7,10H2,(H,16,17)(H,18,19). The number of carboxylic acids is 1. The number of carbonyl (C=O) groups is 2. The molecule has 0 aliphatic heterocycles. The van der Waals surface area contributed by atoms with Gasteiger partial charge < -0.3 is 15.2 Å². The zero-order chi connectivity index (χ0) is 15.0. The number of ether oxygens (including phenoxy) is 1. The Morgan fingerprint density at radius 2 is 2.20 bits per heavy atom. The first-order valence-corrected chi connectivity index (χ1v) is 5.90. The van der Waals surface area contributed by atoms with Crippen LogP contribution in [0.1, 0.15) is 16.8 Å². The van der Waals surface area contributed by atoms with E-state index in [4.69, 9.17) is 16.3 Å². The minimum Gasteiger partial charge on any atom is -0.489 e. The predicted molar refractivity (Wildman–Crippen MR) is 74.5 cm³/mol. The van der Waals surface area contributed by atoms with Crippen molar-refractivity contribution in [1.29, 1.82) is 0 Å². The zero-order valence-electron chi connectivity index (χ0n) is 10.8. The SMILES string of the molecule is C#CCC(NC(=O)c1ccccc1OCC=C)C(=O)O. The molecule has 1 atom stereocenters. The molecule has 104 valence electrons. The molecule has 0 spiro atoms. The third-order valence-corrected chi connectivity index (χ3v) is 2.41. The van der Waals surface area contributed by atoms with E-state index in [2.05, 4.69) is 17.8 Å². The number of terminal acetylenes is 1. The minimum atomic E-state index is -1.18. The van der Waals surface area contributed by atoms with Gasteiger partial charge >= 0.3 is 5.97 Å². The van der Waals surface area contributed by atoms with Gasteiger partial charge in [-0.3, -0.25) is 4.79 Å². The van der Waals surface area contributed by atoms with E-state index in [1.54, 1.807) is 30.3 Å². The Morgan fingerprint density at radius 3 is 2.80 bits per heavy atom. The van der Waals surface area contributed by atoms with Gasteiger partial charge in [-0.25, -0.2) is 4.79 Å². The van der Waals surface area contributed by atoms with E-state index in [0.717, 1.165) is 0 Å². The lowest BCUT2D eigenvalue weighted by molar-refractivity contribution is -0.139. The minimum absolute atomic E-state index is 0.0866. The van der Waals surface area contributed by atoms with Gasteiger partial charge in [0.15, 0.2) is 0 Å². The van der Waals surface area contributed by atoms with Gasteiger partial charge in [0, 0.05) is 6.42 Å². The van der Waals surface area contributed by atoms with Crippen LogP contribution in [-0.2, 0) is 4.79 Å². The van der Waals surface area contributed by atoms with Crippen LogP contribution in [0.15, 0.2) is 36.9 Å². The summed E-state index contributed by atoms with van der Waals surface area (Å²) in [4.78, 5) is 23.0. The summed E-state index contributed by atoms with van der Waals surface area (Å²) in [6.45, 7) is 3.77. The second-order valence-corrected chi connectivity index (χ2v) is 3.87. The largest absolute Gasteiger partial charge is 0.489 e. The Hall–Kier alpha value is -2.74. The number of para-hydroxylation sites is 1. The third-order valence-electron chi connectivity index (χ3n) is 2.41. The number of hydrogen-bond acceptors (Lipinski definition) is 3. The van der Waals surface area contributed by atoms with Crippen molar-refractivity contribution >= 4 is 11.9 Å².